The highest BCUT2D eigenvalue weighted by atomic mass is 32.2. The van der Waals surface area contributed by atoms with Gasteiger partial charge in [-0.15, -0.1) is 0 Å². The lowest BCUT2D eigenvalue weighted by molar-refractivity contribution is -0.139. The van der Waals surface area contributed by atoms with Gasteiger partial charge in [-0.25, -0.2) is 0 Å². The molecule has 1 N–H and O–H groups in total. The molecule has 0 aliphatic rings. The maximum absolute atomic E-state index is 11.1. The van der Waals surface area contributed by atoms with Gasteiger partial charge in [-0.3, -0.25) is 4.79 Å². The van der Waals surface area contributed by atoms with Crippen LogP contribution in [0.1, 0.15) is 12.5 Å². The van der Waals surface area contributed by atoms with Crippen molar-refractivity contribution in [3.05, 3.63) is 35.9 Å². The lowest BCUT2D eigenvalue weighted by Crippen LogP contribution is -2.28. The van der Waals surface area contributed by atoms with Gasteiger partial charge in [0.15, 0.2) is 0 Å². The van der Waals surface area contributed by atoms with Crippen molar-refractivity contribution in [1.29, 1.82) is 0 Å². The molecule has 0 aromatic heterocycles. The number of benzene rings is 1. The Morgan fingerprint density at radius 3 is 2.50 bits per heavy atom. The monoisotopic (exact) mass is 226 g/mol. The van der Waals surface area contributed by atoms with E-state index >= 15 is 0 Å². The molecule has 0 amide bonds. The van der Waals surface area contributed by atoms with E-state index in [-0.39, 0.29) is 0 Å². The van der Waals surface area contributed by atoms with E-state index in [4.69, 9.17) is 17.3 Å². The van der Waals surface area contributed by atoms with Gasteiger partial charge in [-0.2, -0.15) is 0 Å². The molecule has 0 aliphatic carbocycles. The predicted molar refractivity (Wildman–Crippen MR) is 62.7 cm³/mol. The van der Waals surface area contributed by atoms with E-state index in [1.54, 1.807) is 19.1 Å². The van der Waals surface area contributed by atoms with Crippen LogP contribution in [-0.2, 0) is 9.54 Å². The van der Waals surface area contributed by atoms with Crippen LogP contribution in [0.3, 0.4) is 0 Å². The third-order valence-corrected chi connectivity index (χ3v) is 3.28. The van der Waals surface area contributed by atoms with Crippen LogP contribution in [0, 0.1) is 0 Å². The summed E-state index contributed by atoms with van der Waals surface area (Å²) in [6, 6.07) is 9.08. The highest BCUT2D eigenvalue weighted by molar-refractivity contribution is 8.21. The molecule has 2 nitrogen and oxygen atoms in total. The molecule has 74 valence electrons. The molecule has 1 rings (SSSR count). The lowest BCUT2D eigenvalue weighted by Gasteiger charge is -2.22. The number of carbonyl (C=O) groups is 1. The summed E-state index contributed by atoms with van der Waals surface area (Å²) in [7, 11) is 0. The van der Waals surface area contributed by atoms with E-state index < -0.39 is 10.7 Å². The van der Waals surface area contributed by atoms with E-state index in [9.17, 15) is 4.79 Å². The van der Waals surface area contributed by atoms with Gasteiger partial charge in [0.1, 0.15) is 4.75 Å². The molecule has 0 fully saturated rings. The number of rotatable bonds is 4. The van der Waals surface area contributed by atoms with Gasteiger partial charge in [-0.05, 0) is 12.5 Å². The van der Waals surface area contributed by atoms with Gasteiger partial charge in [0.25, 0.3) is 0 Å². The molecular formula is C10H10O2S2. The van der Waals surface area contributed by atoms with Crippen LogP contribution in [0.2, 0.25) is 0 Å². The Balaban J connectivity index is 3.12. The minimum absolute atomic E-state index is 0.749. The Labute approximate surface area is 92.3 Å². The van der Waals surface area contributed by atoms with Crippen LogP contribution in [-0.4, -0.2) is 15.8 Å². The minimum atomic E-state index is -0.983. The summed E-state index contributed by atoms with van der Waals surface area (Å²) in [5.74, 6) is -0.880. The van der Waals surface area contributed by atoms with Gasteiger partial charge in [0.05, 0.1) is 0 Å². The molecule has 0 bridgehead atoms. The number of hydrogen-bond acceptors (Lipinski definition) is 3. The molecule has 0 aliphatic heterocycles. The lowest BCUT2D eigenvalue weighted by atomic mass is 10.0. The molecule has 1 aromatic rings. The summed E-state index contributed by atoms with van der Waals surface area (Å²) in [6.07, 6.45) is 0. The Kier molecular flexibility index (Phi) is 3.66. The van der Waals surface area contributed by atoms with Gasteiger partial charge in [-0.1, -0.05) is 54.3 Å². The summed E-state index contributed by atoms with van der Waals surface area (Å²) in [6.45, 7) is 1.65. The van der Waals surface area contributed by atoms with Crippen molar-refractivity contribution in [3.8, 4) is 0 Å². The SMILES string of the molecule is CC(SC=S)(C(=O)O)c1ccccc1. The first kappa shape index (κ1) is 11.2. The predicted octanol–water partition coefficient (Wildman–Crippen LogP) is 2.68. The number of aliphatic carboxylic acids is 1. The first-order valence-corrected chi connectivity index (χ1v) is 5.37. The van der Waals surface area contributed by atoms with Crippen molar-refractivity contribution in [2.24, 2.45) is 0 Å². The normalized spacial score (nSPS) is 14.4. The maximum Gasteiger partial charge on any atom is 0.324 e. The van der Waals surface area contributed by atoms with E-state index in [1.165, 1.54) is 4.70 Å². The molecule has 14 heavy (non-hydrogen) atoms. The fourth-order valence-electron chi connectivity index (χ4n) is 1.09. The van der Waals surface area contributed by atoms with E-state index in [1.807, 2.05) is 18.2 Å². The van der Waals surface area contributed by atoms with Crippen molar-refractivity contribution < 1.29 is 9.90 Å². The molecule has 4 heteroatoms. The quantitative estimate of drug-likeness (QED) is 0.801. The topological polar surface area (TPSA) is 37.3 Å². The number of carboxylic acids is 1. The van der Waals surface area contributed by atoms with Crippen LogP contribution in [0.4, 0.5) is 0 Å². The highest BCUT2D eigenvalue weighted by Crippen LogP contribution is 2.34. The van der Waals surface area contributed by atoms with Crippen LogP contribution in [0.25, 0.3) is 0 Å². The fraction of sp³-hybridized carbons (Fsp3) is 0.200. The highest BCUT2D eigenvalue weighted by Gasteiger charge is 2.34. The van der Waals surface area contributed by atoms with Crippen LogP contribution < -0.4 is 0 Å². The van der Waals surface area contributed by atoms with Crippen molar-refractivity contribution in [3.63, 3.8) is 0 Å². The number of carboxylic acid groups (broad SMARTS) is 1. The third kappa shape index (κ3) is 2.13. The molecule has 1 atom stereocenters. The summed E-state index contributed by atoms with van der Waals surface area (Å²) in [5, 5.41) is 9.13. The Bertz CT molecular complexity index is 337. The molecule has 1 aromatic carbocycles. The zero-order chi connectivity index (χ0) is 10.6. The van der Waals surface area contributed by atoms with Gasteiger partial charge < -0.3 is 5.11 Å². The van der Waals surface area contributed by atoms with Crippen LogP contribution in [0.15, 0.2) is 30.3 Å². The van der Waals surface area contributed by atoms with E-state index in [2.05, 4.69) is 0 Å². The fourth-order valence-corrected chi connectivity index (χ4v) is 2.24. The molecule has 0 saturated heterocycles. The average Bonchev–Trinajstić information content (AvgIpc) is 2.19. The Morgan fingerprint density at radius 2 is 2.07 bits per heavy atom. The molecule has 0 saturated carbocycles. The van der Waals surface area contributed by atoms with Crippen molar-refractivity contribution in [1.82, 2.24) is 0 Å². The Hall–Kier alpha value is -0.870. The van der Waals surface area contributed by atoms with Gasteiger partial charge in [0, 0.05) is 4.70 Å². The summed E-state index contributed by atoms with van der Waals surface area (Å²) in [4.78, 5) is 11.1. The van der Waals surface area contributed by atoms with Crippen molar-refractivity contribution in [2.75, 3.05) is 0 Å². The first-order chi connectivity index (χ1) is 6.61. The minimum Gasteiger partial charge on any atom is -0.480 e. The molecule has 1 unspecified atom stereocenters. The Morgan fingerprint density at radius 1 is 1.50 bits per heavy atom. The summed E-state index contributed by atoms with van der Waals surface area (Å²) < 4.78 is 0.407. The molecule has 0 radical (unpaired) electrons. The largest absolute Gasteiger partial charge is 0.480 e. The van der Waals surface area contributed by atoms with Crippen molar-refractivity contribution in [2.45, 2.75) is 11.7 Å². The number of hydrogen-bond donors (Lipinski definition) is 1. The second-order valence-electron chi connectivity index (χ2n) is 2.92. The molecule has 0 heterocycles. The van der Waals surface area contributed by atoms with E-state index in [0.717, 1.165) is 17.3 Å². The first-order valence-electron chi connectivity index (χ1n) is 4.01. The number of thiocarbonyl (C=S) groups is 1. The second-order valence-corrected chi connectivity index (χ2v) is 4.74. The summed E-state index contributed by atoms with van der Waals surface area (Å²) >= 11 is 5.82. The van der Waals surface area contributed by atoms with Gasteiger partial charge >= 0.3 is 5.97 Å². The molecular weight excluding hydrogens is 216 g/mol. The second kappa shape index (κ2) is 4.57. The van der Waals surface area contributed by atoms with Gasteiger partial charge in [0.2, 0.25) is 0 Å². The van der Waals surface area contributed by atoms with Crippen molar-refractivity contribution >= 4 is 34.6 Å². The van der Waals surface area contributed by atoms with E-state index in [0.29, 0.717) is 0 Å². The average molecular weight is 226 g/mol. The van der Waals surface area contributed by atoms with Crippen LogP contribution in [0.5, 0.6) is 0 Å². The van der Waals surface area contributed by atoms with Crippen LogP contribution >= 0.6 is 24.0 Å². The third-order valence-electron chi connectivity index (χ3n) is 2.02. The standard InChI is InChI=1S/C10H10O2S2/c1-10(9(11)12,14-7-13)8-5-3-2-4-6-8/h2-7H,1H3,(H,11,12). The molecule has 0 spiro atoms. The maximum atomic E-state index is 11.1. The zero-order valence-corrected chi connectivity index (χ0v) is 9.27. The smallest absolute Gasteiger partial charge is 0.324 e. The number of thioether (sulfide) groups is 1. The summed E-state index contributed by atoms with van der Waals surface area (Å²) in [5.41, 5.74) is 0.749. The zero-order valence-electron chi connectivity index (χ0n) is 7.64.